The molecule has 2 rings (SSSR count). The van der Waals surface area contributed by atoms with Crippen LogP contribution >= 0.6 is 0 Å². The average Bonchev–Trinajstić information content (AvgIpc) is 2.61. The molecule has 66 valence electrons. The molecular weight excluding hydrogens is 154 g/mol. The van der Waals surface area contributed by atoms with Crippen molar-refractivity contribution in [3.63, 3.8) is 0 Å². The van der Waals surface area contributed by atoms with Crippen molar-refractivity contribution in [2.24, 2.45) is 0 Å². The molecule has 1 fully saturated rings. The fourth-order valence-electron chi connectivity index (χ4n) is 1.76. The van der Waals surface area contributed by atoms with Gasteiger partial charge in [-0.3, -0.25) is 0 Å². The highest BCUT2D eigenvalue weighted by atomic mass is 16.4. The molecule has 0 saturated carbocycles. The second-order valence-corrected chi connectivity index (χ2v) is 3.22. The molecule has 1 aliphatic heterocycles. The SMILES string of the molecule is Cc1occ(O)c1N1CCCC1. The summed E-state index contributed by atoms with van der Waals surface area (Å²) in [6, 6.07) is 0. The number of anilines is 1. The maximum Gasteiger partial charge on any atom is 0.178 e. The second kappa shape index (κ2) is 2.73. The zero-order valence-corrected chi connectivity index (χ0v) is 7.21. The van der Waals surface area contributed by atoms with Gasteiger partial charge in [-0.15, -0.1) is 0 Å². The van der Waals surface area contributed by atoms with E-state index in [-0.39, 0.29) is 5.75 Å². The standard InChI is InChI=1S/C9H13NO2/c1-7-9(8(11)6-12-7)10-4-2-3-5-10/h6,11H,2-5H2,1H3. The Hall–Kier alpha value is -1.12. The average molecular weight is 167 g/mol. The van der Waals surface area contributed by atoms with Crippen LogP contribution in [0.1, 0.15) is 18.6 Å². The molecule has 0 aromatic carbocycles. The van der Waals surface area contributed by atoms with Crippen LogP contribution in [0.5, 0.6) is 5.75 Å². The molecule has 1 aromatic heterocycles. The molecule has 0 bridgehead atoms. The van der Waals surface area contributed by atoms with Crippen LogP contribution in [-0.2, 0) is 0 Å². The number of rotatable bonds is 1. The molecule has 2 heterocycles. The third kappa shape index (κ3) is 1.05. The molecule has 0 radical (unpaired) electrons. The van der Waals surface area contributed by atoms with Crippen LogP contribution in [0.2, 0.25) is 0 Å². The summed E-state index contributed by atoms with van der Waals surface area (Å²) in [7, 11) is 0. The number of aromatic hydroxyl groups is 1. The molecule has 0 unspecified atom stereocenters. The Morgan fingerprint density at radius 2 is 2.08 bits per heavy atom. The van der Waals surface area contributed by atoms with Crippen LogP contribution in [-0.4, -0.2) is 18.2 Å². The van der Waals surface area contributed by atoms with Crippen molar-refractivity contribution in [3.05, 3.63) is 12.0 Å². The molecule has 3 nitrogen and oxygen atoms in total. The molecule has 0 atom stereocenters. The Morgan fingerprint density at radius 1 is 1.42 bits per heavy atom. The number of furan rings is 1. The lowest BCUT2D eigenvalue weighted by atomic mass is 10.3. The Kier molecular flexibility index (Phi) is 1.71. The van der Waals surface area contributed by atoms with Crippen LogP contribution in [0, 0.1) is 6.92 Å². The van der Waals surface area contributed by atoms with Crippen molar-refractivity contribution in [2.45, 2.75) is 19.8 Å². The molecule has 0 aliphatic carbocycles. The van der Waals surface area contributed by atoms with Crippen molar-refractivity contribution in [1.82, 2.24) is 0 Å². The summed E-state index contributed by atoms with van der Waals surface area (Å²) in [6.07, 6.45) is 3.83. The predicted molar refractivity (Wildman–Crippen MR) is 46.6 cm³/mol. The van der Waals surface area contributed by atoms with E-state index < -0.39 is 0 Å². The van der Waals surface area contributed by atoms with Gasteiger partial charge < -0.3 is 14.4 Å². The van der Waals surface area contributed by atoms with Crippen molar-refractivity contribution >= 4 is 5.69 Å². The quantitative estimate of drug-likeness (QED) is 0.694. The third-order valence-electron chi connectivity index (χ3n) is 2.35. The van der Waals surface area contributed by atoms with Gasteiger partial charge in [0.15, 0.2) is 5.75 Å². The van der Waals surface area contributed by atoms with Crippen molar-refractivity contribution in [1.29, 1.82) is 0 Å². The van der Waals surface area contributed by atoms with E-state index >= 15 is 0 Å². The van der Waals surface area contributed by atoms with E-state index in [0.29, 0.717) is 0 Å². The predicted octanol–water partition coefficient (Wildman–Crippen LogP) is 1.89. The highest BCUT2D eigenvalue weighted by Gasteiger charge is 2.19. The zero-order valence-electron chi connectivity index (χ0n) is 7.21. The zero-order chi connectivity index (χ0) is 8.55. The van der Waals surface area contributed by atoms with E-state index in [4.69, 9.17) is 4.42 Å². The summed E-state index contributed by atoms with van der Waals surface area (Å²) >= 11 is 0. The van der Waals surface area contributed by atoms with Gasteiger partial charge in [-0.25, -0.2) is 0 Å². The van der Waals surface area contributed by atoms with E-state index in [1.54, 1.807) is 0 Å². The minimum absolute atomic E-state index is 0.273. The lowest BCUT2D eigenvalue weighted by Gasteiger charge is -2.15. The van der Waals surface area contributed by atoms with Gasteiger partial charge in [-0.05, 0) is 19.8 Å². The first-order valence-corrected chi connectivity index (χ1v) is 4.31. The fraction of sp³-hybridized carbons (Fsp3) is 0.556. The Morgan fingerprint density at radius 3 is 2.58 bits per heavy atom. The van der Waals surface area contributed by atoms with Crippen LogP contribution < -0.4 is 4.90 Å². The summed E-state index contributed by atoms with van der Waals surface area (Å²) in [5.41, 5.74) is 0.882. The van der Waals surface area contributed by atoms with E-state index in [1.165, 1.54) is 19.1 Å². The molecule has 3 heteroatoms. The lowest BCUT2D eigenvalue weighted by molar-refractivity contribution is 0.455. The van der Waals surface area contributed by atoms with Gasteiger partial charge in [-0.2, -0.15) is 0 Å². The molecule has 1 aliphatic rings. The van der Waals surface area contributed by atoms with E-state index in [2.05, 4.69) is 4.90 Å². The third-order valence-corrected chi connectivity index (χ3v) is 2.35. The second-order valence-electron chi connectivity index (χ2n) is 3.22. The van der Waals surface area contributed by atoms with E-state index in [1.807, 2.05) is 6.92 Å². The van der Waals surface area contributed by atoms with Crippen LogP contribution in [0.25, 0.3) is 0 Å². The number of hydrogen-bond acceptors (Lipinski definition) is 3. The first-order valence-electron chi connectivity index (χ1n) is 4.31. The first-order chi connectivity index (χ1) is 5.79. The largest absolute Gasteiger partial charge is 0.503 e. The fourth-order valence-corrected chi connectivity index (χ4v) is 1.76. The molecule has 1 saturated heterocycles. The number of aryl methyl sites for hydroxylation is 1. The minimum atomic E-state index is 0.273. The Labute approximate surface area is 71.6 Å². The van der Waals surface area contributed by atoms with E-state index in [0.717, 1.165) is 24.5 Å². The van der Waals surface area contributed by atoms with Gasteiger partial charge in [0.1, 0.15) is 17.7 Å². The number of nitrogens with zero attached hydrogens (tertiary/aromatic N) is 1. The molecular formula is C9H13NO2. The van der Waals surface area contributed by atoms with Crippen LogP contribution in [0.15, 0.2) is 10.7 Å². The monoisotopic (exact) mass is 167 g/mol. The van der Waals surface area contributed by atoms with Gasteiger partial charge in [0.25, 0.3) is 0 Å². The highest BCUT2D eigenvalue weighted by molar-refractivity contribution is 5.60. The maximum atomic E-state index is 9.46. The number of hydrogen-bond donors (Lipinski definition) is 1. The summed E-state index contributed by atoms with van der Waals surface area (Å²) in [6.45, 7) is 3.95. The van der Waals surface area contributed by atoms with Gasteiger partial charge in [-0.1, -0.05) is 0 Å². The molecule has 1 N–H and O–H groups in total. The minimum Gasteiger partial charge on any atom is -0.503 e. The van der Waals surface area contributed by atoms with E-state index in [9.17, 15) is 5.11 Å². The summed E-state index contributed by atoms with van der Waals surface area (Å²) in [5, 5.41) is 9.46. The van der Waals surface area contributed by atoms with Gasteiger partial charge in [0.2, 0.25) is 0 Å². The van der Waals surface area contributed by atoms with Crippen LogP contribution in [0.3, 0.4) is 0 Å². The first kappa shape index (κ1) is 7.53. The van der Waals surface area contributed by atoms with Gasteiger partial charge >= 0.3 is 0 Å². The smallest absolute Gasteiger partial charge is 0.178 e. The molecule has 0 spiro atoms. The Balaban J connectivity index is 2.30. The topological polar surface area (TPSA) is 36.6 Å². The van der Waals surface area contributed by atoms with Crippen LogP contribution in [0.4, 0.5) is 5.69 Å². The summed E-state index contributed by atoms with van der Waals surface area (Å²) < 4.78 is 5.12. The molecule has 0 amide bonds. The summed E-state index contributed by atoms with van der Waals surface area (Å²) in [4.78, 5) is 2.17. The van der Waals surface area contributed by atoms with Gasteiger partial charge in [0.05, 0.1) is 0 Å². The Bertz CT molecular complexity index is 255. The van der Waals surface area contributed by atoms with Crippen molar-refractivity contribution < 1.29 is 9.52 Å². The van der Waals surface area contributed by atoms with Gasteiger partial charge in [0, 0.05) is 13.1 Å². The lowest BCUT2D eigenvalue weighted by Crippen LogP contribution is -2.17. The molecule has 1 aromatic rings. The normalized spacial score (nSPS) is 17.2. The highest BCUT2D eigenvalue weighted by Crippen LogP contribution is 2.34. The van der Waals surface area contributed by atoms with Crippen molar-refractivity contribution in [3.8, 4) is 5.75 Å². The summed E-state index contributed by atoms with van der Waals surface area (Å²) in [5.74, 6) is 1.09. The van der Waals surface area contributed by atoms with Crippen molar-refractivity contribution in [2.75, 3.05) is 18.0 Å². The molecule has 12 heavy (non-hydrogen) atoms. The maximum absolute atomic E-state index is 9.46.